The van der Waals surface area contributed by atoms with Crippen LogP contribution in [-0.2, 0) is 4.43 Å². The van der Waals surface area contributed by atoms with Gasteiger partial charge >= 0.3 is 18.3 Å². The van der Waals surface area contributed by atoms with Gasteiger partial charge in [-0.1, -0.05) is 0 Å². The molecule has 0 amide bonds. The largest absolute Gasteiger partial charge is 0.411 e. The lowest BCUT2D eigenvalue weighted by atomic mass is 10.2. The van der Waals surface area contributed by atoms with E-state index in [4.69, 9.17) is 0 Å². The lowest BCUT2D eigenvalue weighted by Crippen LogP contribution is -2.51. The van der Waals surface area contributed by atoms with E-state index in [-0.39, 0.29) is 0 Å². The van der Waals surface area contributed by atoms with E-state index in [1.54, 1.807) is 0 Å². The average molecular weight is 254 g/mol. The Bertz CT molecular complexity index is 212. The van der Waals surface area contributed by atoms with Crippen molar-refractivity contribution in [2.45, 2.75) is 37.9 Å². The van der Waals surface area contributed by atoms with Crippen molar-refractivity contribution in [1.82, 2.24) is 0 Å². The lowest BCUT2D eigenvalue weighted by molar-refractivity contribution is -0.272. The molecule has 15 heavy (non-hydrogen) atoms. The third kappa shape index (κ3) is 4.02. The number of hydrogen-bond acceptors (Lipinski definition) is 1. The molecule has 0 fully saturated rings. The summed E-state index contributed by atoms with van der Waals surface area (Å²) in [5.41, 5.74) is 0. The van der Waals surface area contributed by atoms with Crippen LogP contribution < -0.4 is 0 Å². The van der Waals surface area contributed by atoms with Gasteiger partial charge in [-0.25, -0.2) is 8.78 Å². The van der Waals surface area contributed by atoms with Crippen LogP contribution in [0.5, 0.6) is 0 Å². The maximum atomic E-state index is 12.6. The Labute approximate surface area is 84.5 Å². The first-order valence-corrected chi connectivity index (χ1v) is 7.49. The minimum Gasteiger partial charge on any atom is -0.411 e. The molecule has 0 N–H and O–H groups in total. The molecule has 0 atom stereocenters. The van der Waals surface area contributed by atoms with Gasteiger partial charge in [0.05, 0.1) is 0 Å². The third-order valence-electron chi connectivity index (χ3n) is 1.45. The van der Waals surface area contributed by atoms with Crippen molar-refractivity contribution in [3.63, 3.8) is 0 Å². The SMILES string of the molecule is C[Si](C)(C)OCC(F)(F)C(F)(F)C(F)F. The summed E-state index contributed by atoms with van der Waals surface area (Å²) in [6.45, 7) is 2.79. The zero-order valence-electron chi connectivity index (χ0n) is 8.46. The number of halogens is 6. The van der Waals surface area contributed by atoms with Gasteiger partial charge in [-0.2, -0.15) is 17.6 Å². The fourth-order valence-corrected chi connectivity index (χ4v) is 1.18. The summed E-state index contributed by atoms with van der Waals surface area (Å²) in [4.78, 5) is 0. The summed E-state index contributed by atoms with van der Waals surface area (Å²) < 4.78 is 77.8. The Kier molecular flexibility index (Phi) is 4.25. The van der Waals surface area contributed by atoms with Gasteiger partial charge in [-0.15, -0.1) is 0 Å². The fraction of sp³-hybridized carbons (Fsp3) is 1.00. The second kappa shape index (κ2) is 4.32. The van der Waals surface area contributed by atoms with Crippen LogP contribution in [0.3, 0.4) is 0 Å². The topological polar surface area (TPSA) is 9.23 Å². The van der Waals surface area contributed by atoms with Gasteiger partial charge in [0.25, 0.3) is 0 Å². The molecular weight excluding hydrogens is 242 g/mol. The molecule has 8 heteroatoms. The van der Waals surface area contributed by atoms with Crippen LogP contribution in [0.25, 0.3) is 0 Å². The molecule has 0 aliphatic rings. The van der Waals surface area contributed by atoms with Gasteiger partial charge in [0, 0.05) is 0 Å². The zero-order chi connectivity index (χ0) is 12.5. The Hall–Kier alpha value is -0.243. The molecule has 0 saturated carbocycles. The second-order valence-corrected chi connectivity index (χ2v) is 8.54. The Morgan fingerprint density at radius 1 is 1.07 bits per heavy atom. The average Bonchev–Trinajstić information content (AvgIpc) is 1.99. The van der Waals surface area contributed by atoms with Crippen LogP contribution in [0.1, 0.15) is 0 Å². The van der Waals surface area contributed by atoms with Crippen molar-refractivity contribution in [1.29, 1.82) is 0 Å². The molecule has 0 aliphatic heterocycles. The van der Waals surface area contributed by atoms with Gasteiger partial charge in [-0.3, -0.25) is 0 Å². The predicted octanol–water partition coefficient (Wildman–Crippen LogP) is 3.37. The van der Waals surface area contributed by atoms with E-state index in [0.29, 0.717) is 0 Å². The molecule has 0 rings (SSSR count). The molecule has 0 aromatic rings. The quantitative estimate of drug-likeness (QED) is 0.540. The smallest absolute Gasteiger partial charge is 0.371 e. The normalized spacial score (nSPS) is 14.8. The minimum absolute atomic E-state index is 1.49. The van der Waals surface area contributed by atoms with Gasteiger partial charge in [0.15, 0.2) is 8.32 Å². The van der Waals surface area contributed by atoms with Crippen LogP contribution in [0.15, 0.2) is 0 Å². The van der Waals surface area contributed by atoms with Crippen LogP contribution in [0, 0.1) is 0 Å². The fourth-order valence-electron chi connectivity index (χ4n) is 0.563. The van der Waals surface area contributed by atoms with Crippen molar-refractivity contribution in [3.8, 4) is 0 Å². The third-order valence-corrected chi connectivity index (χ3v) is 2.46. The molecule has 0 radical (unpaired) electrons. The number of rotatable bonds is 5. The van der Waals surface area contributed by atoms with Crippen molar-refractivity contribution in [2.75, 3.05) is 6.61 Å². The zero-order valence-corrected chi connectivity index (χ0v) is 9.46. The molecule has 1 nitrogen and oxygen atoms in total. The van der Waals surface area contributed by atoms with Crippen LogP contribution in [0.2, 0.25) is 19.6 Å². The number of alkyl halides is 6. The molecule has 92 valence electrons. The van der Waals surface area contributed by atoms with Crippen molar-refractivity contribution < 1.29 is 30.8 Å². The van der Waals surface area contributed by atoms with Crippen LogP contribution >= 0.6 is 0 Å². The van der Waals surface area contributed by atoms with E-state index in [9.17, 15) is 26.3 Å². The molecule has 0 aromatic heterocycles. The Morgan fingerprint density at radius 2 is 1.47 bits per heavy atom. The summed E-state index contributed by atoms with van der Waals surface area (Å²) in [7, 11) is -2.44. The van der Waals surface area contributed by atoms with E-state index in [1.807, 2.05) is 0 Å². The summed E-state index contributed by atoms with van der Waals surface area (Å²) in [6, 6.07) is 0. The van der Waals surface area contributed by atoms with E-state index in [2.05, 4.69) is 4.43 Å². The van der Waals surface area contributed by atoms with Gasteiger partial charge < -0.3 is 4.43 Å². The molecule has 0 spiro atoms. The maximum Gasteiger partial charge on any atom is 0.371 e. The predicted molar refractivity (Wildman–Crippen MR) is 45.2 cm³/mol. The molecular formula is C7H12F6OSi. The van der Waals surface area contributed by atoms with E-state index in [1.165, 1.54) is 19.6 Å². The summed E-state index contributed by atoms with van der Waals surface area (Å²) >= 11 is 0. The van der Waals surface area contributed by atoms with E-state index >= 15 is 0 Å². The van der Waals surface area contributed by atoms with Gasteiger partial charge in [0.2, 0.25) is 0 Å². The molecule has 0 bridgehead atoms. The Balaban J connectivity index is 4.55. The minimum atomic E-state index is -5.35. The highest BCUT2D eigenvalue weighted by Gasteiger charge is 2.63. The first-order valence-electron chi connectivity index (χ1n) is 4.08. The van der Waals surface area contributed by atoms with Crippen LogP contribution in [0.4, 0.5) is 26.3 Å². The van der Waals surface area contributed by atoms with Crippen LogP contribution in [-0.4, -0.2) is 33.2 Å². The first-order chi connectivity index (χ1) is 6.40. The molecule has 0 aliphatic carbocycles. The molecule has 0 heterocycles. The van der Waals surface area contributed by atoms with Crippen molar-refractivity contribution in [3.05, 3.63) is 0 Å². The summed E-state index contributed by atoms with van der Waals surface area (Å²) in [5.74, 6) is -10.2. The van der Waals surface area contributed by atoms with Gasteiger partial charge in [-0.05, 0) is 19.6 Å². The summed E-state index contributed by atoms with van der Waals surface area (Å²) in [6.07, 6.45) is -4.40. The van der Waals surface area contributed by atoms with Crippen molar-refractivity contribution in [2.24, 2.45) is 0 Å². The highest BCUT2D eigenvalue weighted by molar-refractivity contribution is 6.69. The molecule has 0 aromatic carbocycles. The highest BCUT2D eigenvalue weighted by Crippen LogP contribution is 2.39. The monoisotopic (exact) mass is 254 g/mol. The Morgan fingerprint density at radius 3 is 1.73 bits per heavy atom. The maximum absolute atomic E-state index is 12.6. The molecule has 0 unspecified atom stereocenters. The van der Waals surface area contributed by atoms with Crippen molar-refractivity contribution >= 4 is 8.32 Å². The highest BCUT2D eigenvalue weighted by atomic mass is 28.4. The summed E-state index contributed by atoms with van der Waals surface area (Å²) in [5, 5.41) is 0. The first kappa shape index (κ1) is 14.8. The molecule has 0 saturated heterocycles. The standard InChI is InChI=1S/C7H12F6OSi/c1-15(2,3)14-4-6(10,11)7(12,13)5(8)9/h5H,4H2,1-3H3. The lowest BCUT2D eigenvalue weighted by Gasteiger charge is -2.28. The second-order valence-electron chi connectivity index (χ2n) is 4.03. The van der Waals surface area contributed by atoms with E-state index in [0.717, 1.165) is 0 Å². The number of hydrogen-bond donors (Lipinski definition) is 0. The van der Waals surface area contributed by atoms with Gasteiger partial charge in [0.1, 0.15) is 6.61 Å². The van der Waals surface area contributed by atoms with E-state index < -0.39 is 33.2 Å².